The normalized spacial score (nSPS) is 16.5. The highest BCUT2D eigenvalue weighted by Crippen LogP contribution is 2.40. The molecule has 5 rings (SSSR count). The van der Waals surface area contributed by atoms with E-state index in [0.29, 0.717) is 49.0 Å². The van der Waals surface area contributed by atoms with Crippen molar-refractivity contribution < 1.29 is 17.9 Å². The molecule has 4 aromatic rings. The molecule has 13 heteroatoms. The smallest absolute Gasteiger partial charge is 0.253 e. The maximum absolute atomic E-state index is 14.0. The summed E-state index contributed by atoms with van der Waals surface area (Å²) in [4.78, 5) is 24.6. The second-order valence-corrected chi connectivity index (χ2v) is 13.2. The number of anilines is 1. The summed E-state index contributed by atoms with van der Waals surface area (Å²) in [5.74, 6) is 0.153. The van der Waals surface area contributed by atoms with Crippen molar-refractivity contribution in [2.24, 2.45) is 0 Å². The first kappa shape index (κ1) is 25.4. The molecule has 0 radical (unpaired) electrons. The second-order valence-electron chi connectivity index (χ2n) is 8.00. The van der Waals surface area contributed by atoms with Crippen LogP contribution in [0.25, 0.3) is 10.2 Å². The van der Waals surface area contributed by atoms with Gasteiger partial charge in [0.25, 0.3) is 10.0 Å². The van der Waals surface area contributed by atoms with Crippen LogP contribution in [0.3, 0.4) is 0 Å². The van der Waals surface area contributed by atoms with Crippen molar-refractivity contribution in [1.82, 2.24) is 14.3 Å². The van der Waals surface area contributed by atoms with Gasteiger partial charge in [-0.2, -0.15) is 4.31 Å². The molecule has 8 nitrogen and oxygen atoms in total. The molecule has 1 aliphatic rings. The van der Waals surface area contributed by atoms with Crippen molar-refractivity contribution in [2.75, 3.05) is 18.6 Å². The number of halogens is 2. The van der Waals surface area contributed by atoms with Gasteiger partial charge in [0.05, 0.1) is 33.4 Å². The fraction of sp³-hybridized carbons (Fsp3) is 0.261. The fourth-order valence-electron chi connectivity index (χ4n) is 4.12. The molecule has 4 heterocycles. The molecular formula is C23H20Cl2N4O4S3. The third kappa shape index (κ3) is 4.71. The molecule has 1 aliphatic heterocycles. The summed E-state index contributed by atoms with van der Waals surface area (Å²) in [5, 5.41) is 0.870. The van der Waals surface area contributed by atoms with Crippen LogP contribution in [0.4, 0.5) is 5.13 Å². The summed E-state index contributed by atoms with van der Waals surface area (Å²) < 4.78 is 34.7. The Balaban J connectivity index is 1.56. The van der Waals surface area contributed by atoms with Crippen LogP contribution in [-0.2, 0) is 21.4 Å². The van der Waals surface area contributed by atoms with Crippen LogP contribution >= 0.6 is 45.9 Å². The molecule has 3 aromatic heterocycles. The minimum Gasteiger partial charge on any atom is -0.494 e. The van der Waals surface area contributed by atoms with Crippen molar-refractivity contribution in [3.05, 3.63) is 63.7 Å². The Morgan fingerprint density at radius 3 is 2.72 bits per heavy atom. The molecule has 0 aliphatic carbocycles. The first-order chi connectivity index (χ1) is 17.3. The van der Waals surface area contributed by atoms with Gasteiger partial charge in [0.2, 0.25) is 5.91 Å². The molecule has 0 bridgehead atoms. The van der Waals surface area contributed by atoms with Crippen LogP contribution in [-0.4, -0.2) is 48.3 Å². The number of carbonyl (C=O) groups is 1. The van der Waals surface area contributed by atoms with Crippen LogP contribution < -0.4 is 9.64 Å². The molecule has 0 spiro atoms. The van der Waals surface area contributed by atoms with Gasteiger partial charge >= 0.3 is 0 Å². The van der Waals surface area contributed by atoms with E-state index in [0.717, 1.165) is 11.3 Å². The number of benzene rings is 1. The zero-order chi connectivity index (χ0) is 25.4. The van der Waals surface area contributed by atoms with Crippen molar-refractivity contribution in [3.8, 4) is 5.75 Å². The van der Waals surface area contributed by atoms with Gasteiger partial charge in [0, 0.05) is 12.7 Å². The van der Waals surface area contributed by atoms with E-state index in [-0.39, 0.29) is 23.2 Å². The molecule has 1 amide bonds. The van der Waals surface area contributed by atoms with Gasteiger partial charge in [0.15, 0.2) is 5.13 Å². The second kappa shape index (κ2) is 10.2. The molecule has 1 aromatic carbocycles. The number of pyridine rings is 1. The van der Waals surface area contributed by atoms with Gasteiger partial charge < -0.3 is 4.74 Å². The number of rotatable bonds is 7. The predicted octanol–water partition coefficient (Wildman–Crippen LogP) is 5.45. The minimum absolute atomic E-state index is 0.111. The summed E-state index contributed by atoms with van der Waals surface area (Å²) in [6.07, 6.45) is 2.60. The molecule has 1 saturated heterocycles. The van der Waals surface area contributed by atoms with Crippen molar-refractivity contribution in [3.63, 3.8) is 0 Å². The van der Waals surface area contributed by atoms with E-state index in [2.05, 4.69) is 9.97 Å². The number of sulfonamides is 1. The molecular weight excluding hydrogens is 563 g/mol. The number of hydrogen-bond donors (Lipinski definition) is 0. The number of aromatic nitrogens is 2. The van der Waals surface area contributed by atoms with Gasteiger partial charge in [-0.3, -0.25) is 14.7 Å². The van der Waals surface area contributed by atoms with E-state index in [1.165, 1.54) is 39.8 Å². The maximum atomic E-state index is 14.0. The first-order valence-corrected chi connectivity index (χ1v) is 14.7. The molecule has 1 fully saturated rings. The monoisotopic (exact) mass is 582 g/mol. The number of nitrogens with zero attached hydrogens (tertiary/aromatic N) is 4. The Bertz CT molecular complexity index is 1520. The number of hydrogen-bond acceptors (Lipinski definition) is 8. The number of thiophene rings is 1. The van der Waals surface area contributed by atoms with Crippen molar-refractivity contribution in [2.45, 2.75) is 29.6 Å². The van der Waals surface area contributed by atoms with Crippen molar-refractivity contribution >= 4 is 77.2 Å². The zero-order valence-corrected chi connectivity index (χ0v) is 22.9. The van der Waals surface area contributed by atoms with Crippen LogP contribution in [0.1, 0.15) is 18.5 Å². The molecule has 0 saturated carbocycles. The Hall–Kier alpha value is -2.28. The van der Waals surface area contributed by atoms with Gasteiger partial charge in [-0.05, 0) is 49.2 Å². The van der Waals surface area contributed by atoms with Gasteiger partial charge in [-0.15, -0.1) is 11.3 Å². The molecule has 1 unspecified atom stereocenters. The van der Waals surface area contributed by atoms with Gasteiger partial charge in [-0.25, -0.2) is 13.4 Å². The van der Waals surface area contributed by atoms with E-state index >= 15 is 0 Å². The van der Waals surface area contributed by atoms with Crippen molar-refractivity contribution in [1.29, 1.82) is 0 Å². The summed E-state index contributed by atoms with van der Waals surface area (Å²) in [6, 6.07) is 11.0. The highest BCUT2D eigenvalue weighted by atomic mass is 35.5. The zero-order valence-electron chi connectivity index (χ0n) is 18.9. The van der Waals surface area contributed by atoms with E-state index in [1.807, 2.05) is 6.07 Å². The van der Waals surface area contributed by atoms with Crippen LogP contribution in [0.15, 0.2) is 52.9 Å². The predicted molar refractivity (Wildman–Crippen MR) is 143 cm³/mol. The van der Waals surface area contributed by atoms with Gasteiger partial charge in [0.1, 0.15) is 21.5 Å². The number of ether oxygens (including phenoxy) is 1. The van der Waals surface area contributed by atoms with E-state index in [9.17, 15) is 13.2 Å². The Morgan fingerprint density at radius 1 is 1.19 bits per heavy atom. The highest BCUT2D eigenvalue weighted by Gasteiger charge is 2.42. The number of thiazole rings is 1. The van der Waals surface area contributed by atoms with Crippen LogP contribution in [0, 0.1) is 0 Å². The van der Waals surface area contributed by atoms with E-state index in [4.69, 9.17) is 27.9 Å². The lowest BCUT2D eigenvalue weighted by Gasteiger charge is -2.28. The largest absolute Gasteiger partial charge is 0.494 e. The topological polar surface area (TPSA) is 92.7 Å². The average molecular weight is 584 g/mol. The van der Waals surface area contributed by atoms with E-state index < -0.39 is 16.1 Å². The standard InChI is InChI=1S/C23H20Cl2N4O4S3/c1-33-17-8-7-15(24)21-20(17)27-23(35-21)28(13-14-5-2-3-11-26-14)22(30)16-6-4-12-29(16)36(31,32)19-10-9-18(25)34-19/h2-3,5,7-11,16H,4,6,12-13H2,1H3. The first-order valence-electron chi connectivity index (χ1n) is 10.9. The number of fused-ring (bicyclic) bond motifs is 1. The summed E-state index contributed by atoms with van der Waals surface area (Å²) in [7, 11) is -2.36. The third-order valence-corrected chi connectivity index (χ3v) is 11.0. The number of amides is 1. The van der Waals surface area contributed by atoms with Crippen LogP contribution in [0.5, 0.6) is 5.75 Å². The minimum atomic E-state index is -3.90. The lowest BCUT2D eigenvalue weighted by molar-refractivity contribution is -0.121. The Kier molecular flexibility index (Phi) is 7.21. The summed E-state index contributed by atoms with van der Waals surface area (Å²) >= 11 is 14.6. The van der Waals surface area contributed by atoms with Gasteiger partial charge in [-0.1, -0.05) is 40.6 Å². The summed E-state index contributed by atoms with van der Waals surface area (Å²) in [5.41, 5.74) is 1.17. The van der Waals surface area contributed by atoms with Crippen LogP contribution in [0.2, 0.25) is 9.36 Å². The number of methoxy groups -OCH3 is 1. The Labute approximate surface area is 226 Å². The quantitative estimate of drug-likeness (QED) is 0.287. The molecule has 0 N–H and O–H groups in total. The molecule has 36 heavy (non-hydrogen) atoms. The fourth-order valence-corrected chi connectivity index (χ4v) is 8.65. The Morgan fingerprint density at radius 2 is 2.03 bits per heavy atom. The number of carbonyl (C=O) groups excluding carboxylic acids is 1. The maximum Gasteiger partial charge on any atom is 0.253 e. The SMILES string of the molecule is COc1ccc(Cl)c2sc(N(Cc3ccccn3)C(=O)C3CCCN3S(=O)(=O)c3ccc(Cl)s3)nc12. The van der Waals surface area contributed by atoms with E-state index in [1.54, 1.807) is 30.5 Å². The molecule has 1 atom stereocenters. The third-order valence-electron chi connectivity index (χ3n) is 5.81. The summed E-state index contributed by atoms with van der Waals surface area (Å²) in [6.45, 7) is 0.361. The highest BCUT2D eigenvalue weighted by molar-refractivity contribution is 7.91. The lowest BCUT2D eigenvalue weighted by Crippen LogP contribution is -2.47. The molecule has 188 valence electrons. The average Bonchev–Trinajstić information content (AvgIpc) is 3.63. The lowest BCUT2D eigenvalue weighted by atomic mass is 10.2.